The van der Waals surface area contributed by atoms with Crippen LogP contribution in [0.2, 0.25) is 0 Å². The number of amidine groups is 1. The molecule has 4 rings (SSSR count). The van der Waals surface area contributed by atoms with E-state index in [4.69, 9.17) is 15.5 Å². The topological polar surface area (TPSA) is 96.9 Å². The van der Waals surface area contributed by atoms with Crippen molar-refractivity contribution in [2.45, 2.75) is 37.6 Å². The average molecular weight is 364 g/mol. The molecule has 0 aliphatic carbocycles. The molecule has 2 unspecified atom stereocenters. The number of ether oxygens (including phenoxy) is 1. The van der Waals surface area contributed by atoms with Crippen LogP contribution in [0, 0.1) is 0 Å². The molecule has 0 bridgehead atoms. The van der Waals surface area contributed by atoms with Crippen LogP contribution in [0.1, 0.15) is 31.7 Å². The highest BCUT2D eigenvalue weighted by atomic mass is 16.5. The van der Waals surface area contributed by atoms with Crippen molar-refractivity contribution in [1.82, 2.24) is 10.3 Å². The first-order valence-electron chi connectivity index (χ1n) is 9.16. The second-order valence-corrected chi connectivity index (χ2v) is 7.23. The zero-order valence-corrected chi connectivity index (χ0v) is 15.4. The summed E-state index contributed by atoms with van der Waals surface area (Å²) in [6, 6.07) is 13.7. The van der Waals surface area contributed by atoms with Crippen LogP contribution in [-0.2, 0) is 4.74 Å². The van der Waals surface area contributed by atoms with Gasteiger partial charge in [-0.3, -0.25) is 10.7 Å². The molecule has 2 aliphatic heterocycles. The number of guanidine groups is 1. The number of nitrogens with one attached hydrogen (secondary N) is 2. The summed E-state index contributed by atoms with van der Waals surface area (Å²) in [4.78, 5) is 13.5. The van der Waals surface area contributed by atoms with E-state index in [1.54, 1.807) is 12.4 Å². The molecular formula is C20H24N6O. The molecule has 0 spiro atoms. The molecule has 4 N–H and O–H groups in total. The second kappa shape index (κ2) is 7.09. The zero-order chi connectivity index (χ0) is 18.7. The molecule has 1 aromatic heterocycles. The van der Waals surface area contributed by atoms with Gasteiger partial charge in [0, 0.05) is 36.7 Å². The third-order valence-electron chi connectivity index (χ3n) is 4.77. The summed E-state index contributed by atoms with van der Waals surface area (Å²) in [6.07, 6.45) is 5.95. The van der Waals surface area contributed by atoms with Gasteiger partial charge in [0.15, 0.2) is 0 Å². The summed E-state index contributed by atoms with van der Waals surface area (Å²) < 4.78 is 5.94. The largest absolute Gasteiger partial charge is 0.375 e. The van der Waals surface area contributed by atoms with Crippen LogP contribution in [0.3, 0.4) is 0 Å². The molecule has 0 radical (unpaired) electrons. The Balaban J connectivity index is 1.66. The number of rotatable bonds is 4. The highest BCUT2D eigenvalue weighted by molar-refractivity contribution is 6.13. The van der Waals surface area contributed by atoms with Gasteiger partial charge in [0.25, 0.3) is 0 Å². The van der Waals surface area contributed by atoms with Crippen LogP contribution in [0.5, 0.6) is 0 Å². The minimum Gasteiger partial charge on any atom is -0.375 e. The van der Waals surface area contributed by atoms with Crippen LogP contribution in [-0.4, -0.2) is 34.8 Å². The minimum absolute atomic E-state index is 0.317. The molecule has 2 atom stereocenters. The van der Waals surface area contributed by atoms with Crippen molar-refractivity contribution in [3.63, 3.8) is 0 Å². The van der Waals surface area contributed by atoms with Gasteiger partial charge in [-0.25, -0.2) is 9.98 Å². The number of benzene rings is 1. The van der Waals surface area contributed by atoms with E-state index in [0.29, 0.717) is 18.2 Å². The fourth-order valence-corrected chi connectivity index (χ4v) is 3.55. The third-order valence-corrected chi connectivity index (χ3v) is 4.77. The van der Waals surface area contributed by atoms with E-state index in [9.17, 15) is 0 Å². The molecule has 140 valence electrons. The maximum absolute atomic E-state index is 6.65. The third kappa shape index (κ3) is 4.15. The Morgan fingerprint density at radius 3 is 2.63 bits per heavy atom. The molecule has 1 fully saturated rings. The quantitative estimate of drug-likeness (QED) is 0.774. The van der Waals surface area contributed by atoms with Crippen LogP contribution in [0.25, 0.3) is 0 Å². The average Bonchev–Trinajstić information content (AvgIpc) is 3.08. The Morgan fingerprint density at radius 1 is 1.15 bits per heavy atom. The fourth-order valence-electron chi connectivity index (χ4n) is 3.55. The standard InChI is InChI=1S/C20H24N6O/c1-19(10-5-13-27-19)14-20(21)25-17(15-6-3-2-4-7-15)24-18(26-20)23-16-8-11-22-12-9-16/h2-4,6-9,11-12H,5,10,13-14,21H2,1H3,(H2,22,23,24,25,26). The van der Waals surface area contributed by atoms with Gasteiger partial charge in [0.05, 0.1) is 5.60 Å². The van der Waals surface area contributed by atoms with Crippen molar-refractivity contribution in [2.24, 2.45) is 15.7 Å². The monoisotopic (exact) mass is 364 g/mol. The van der Waals surface area contributed by atoms with Gasteiger partial charge >= 0.3 is 0 Å². The van der Waals surface area contributed by atoms with Crippen molar-refractivity contribution in [2.75, 3.05) is 11.9 Å². The number of anilines is 1. The van der Waals surface area contributed by atoms with Gasteiger partial charge < -0.3 is 15.4 Å². The van der Waals surface area contributed by atoms with Gasteiger partial charge in [0.2, 0.25) is 11.7 Å². The van der Waals surface area contributed by atoms with Crippen LogP contribution >= 0.6 is 0 Å². The summed E-state index contributed by atoms with van der Waals surface area (Å²) in [5.74, 6) is 0.135. The molecule has 27 heavy (non-hydrogen) atoms. The Bertz CT molecular complexity index is 845. The zero-order valence-electron chi connectivity index (χ0n) is 15.4. The van der Waals surface area contributed by atoms with Gasteiger partial charge in [-0.1, -0.05) is 30.3 Å². The molecule has 3 heterocycles. The lowest BCUT2D eigenvalue weighted by atomic mass is 9.94. The number of pyridine rings is 1. The maximum atomic E-state index is 6.65. The number of nitrogens with zero attached hydrogens (tertiary/aromatic N) is 3. The van der Waals surface area contributed by atoms with Crippen molar-refractivity contribution in [1.29, 1.82) is 0 Å². The smallest absolute Gasteiger partial charge is 0.210 e. The van der Waals surface area contributed by atoms with E-state index in [0.717, 1.165) is 30.7 Å². The highest BCUT2D eigenvalue weighted by Gasteiger charge is 2.41. The van der Waals surface area contributed by atoms with Crippen molar-refractivity contribution >= 4 is 17.5 Å². The Hall–Kier alpha value is -2.77. The van der Waals surface area contributed by atoms with E-state index in [-0.39, 0.29) is 5.60 Å². The predicted octanol–water partition coefficient (Wildman–Crippen LogP) is 2.47. The molecular weight excluding hydrogens is 340 g/mol. The van der Waals surface area contributed by atoms with Crippen LogP contribution < -0.4 is 16.4 Å². The van der Waals surface area contributed by atoms with E-state index in [1.165, 1.54) is 0 Å². The summed E-state index contributed by atoms with van der Waals surface area (Å²) in [6.45, 7) is 2.84. The molecule has 1 saturated heterocycles. The van der Waals surface area contributed by atoms with Crippen molar-refractivity contribution in [3.05, 3.63) is 60.4 Å². The number of hydrogen-bond donors (Lipinski definition) is 3. The van der Waals surface area contributed by atoms with Crippen LogP contribution in [0.4, 0.5) is 5.69 Å². The normalized spacial score (nSPS) is 27.5. The lowest BCUT2D eigenvalue weighted by Gasteiger charge is -2.34. The number of hydrogen-bond acceptors (Lipinski definition) is 7. The van der Waals surface area contributed by atoms with Crippen molar-refractivity contribution in [3.8, 4) is 0 Å². The predicted molar refractivity (Wildman–Crippen MR) is 107 cm³/mol. The molecule has 7 nitrogen and oxygen atoms in total. The van der Waals surface area contributed by atoms with Crippen LogP contribution in [0.15, 0.2) is 64.8 Å². The molecule has 1 aromatic carbocycles. The molecule has 0 amide bonds. The van der Waals surface area contributed by atoms with Gasteiger partial charge in [-0.05, 0) is 31.9 Å². The molecule has 2 aliphatic rings. The van der Waals surface area contributed by atoms with Gasteiger partial charge in [-0.15, -0.1) is 0 Å². The van der Waals surface area contributed by atoms with E-state index in [2.05, 4.69) is 27.5 Å². The Labute approximate surface area is 158 Å². The summed E-state index contributed by atoms with van der Waals surface area (Å²) in [7, 11) is 0. The number of aliphatic imine (C=N–C) groups is 2. The van der Waals surface area contributed by atoms with E-state index < -0.39 is 5.79 Å². The SMILES string of the molecule is CC1(CC2(N)N=C(Nc3ccncc3)NC(c3ccccc3)=N2)CCCO1. The minimum atomic E-state index is -1.11. The summed E-state index contributed by atoms with van der Waals surface area (Å²) >= 11 is 0. The first-order valence-corrected chi connectivity index (χ1v) is 9.16. The van der Waals surface area contributed by atoms with E-state index in [1.807, 2.05) is 42.5 Å². The second-order valence-electron chi connectivity index (χ2n) is 7.23. The Kier molecular flexibility index (Phi) is 4.63. The van der Waals surface area contributed by atoms with Gasteiger partial charge in [0.1, 0.15) is 5.84 Å². The summed E-state index contributed by atoms with van der Waals surface area (Å²) in [5, 5.41) is 6.53. The molecule has 0 saturated carbocycles. The number of nitrogens with two attached hydrogens (primary N) is 1. The highest BCUT2D eigenvalue weighted by Crippen LogP contribution is 2.34. The molecule has 2 aromatic rings. The summed E-state index contributed by atoms with van der Waals surface area (Å²) in [5.41, 5.74) is 8.16. The van der Waals surface area contributed by atoms with E-state index >= 15 is 0 Å². The fraction of sp³-hybridized carbons (Fsp3) is 0.350. The number of aromatic nitrogens is 1. The van der Waals surface area contributed by atoms with Crippen molar-refractivity contribution < 1.29 is 4.74 Å². The lowest BCUT2D eigenvalue weighted by Crippen LogP contribution is -2.52. The molecule has 7 heteroatoms. The lowest BCUT2D eigenvalue weighted by molar-refractivity contribution is -0.00270. The Morgan fingerprint density at radius 2 is 1.93 bits per heavy atom. The first-order chi connectivity index (χ1) is 13.0. The maximum Gasteiger partial charge on any atom is 0.210 e. The van der Waals surface area contributed by atoms with Gasteiger partial charge in [-0.2, -0.15) is 0 Å². The first kappa shape index (κ1) is 17.6.